The first-order chi connectivity index (χ1) is 9.20. The molecule has 106 valence electrons. The molecular formula is C11H5BrF3IN2O2. The third-order valence-corrected chi connectivity index (χ3v) is 3.85. The molecule has 0 spiro atoms. The maximum absolute atomic E-state index is 13.0. The summed E-state index contributed by atoms with van der Waals surface area (Å²) in [7, 11) is 0. The van der Waals surface area contributed by atoms with Crippen molar-refractivity contribution in [3.63, 3.8) is 0 Å². The highest BCUT2D eigenvalue weighted by atomic mass is 127. The van der Waals surface area contributed by atoms with Crippen LogP contribution in [0.5, 0.6) is 5.88 Å². The van der Waals surface area contributed by atoms with E-state index in [9.17, 15) is 23.1 Å². The molecule has 2 rings (SSSR count). The number of benzene rings is 1. The lowest BCUT2D eigenvalue weighted by molar-refractivity contribution is -0.137. The number of hydrogen-bond donors (Lipinski definition) is 2. The van der Waals surface area contributed by atoms with Gasteiger partial charge in [0.25, 0.3) is 5.56 Å². The van der Waals surface area contributed by atoms with E-state index in [-0.39, 0.29) is 19.4 Å². The Bertz CT molecular complexity index is 731. The van der Waals surface area contributed by atoms with E-state index in [1.54, 1.807) is 22.6 Å². The number of aromatic hydroxyl groups is 1. The molecule has 2 N–H and O–H groups in total. The fraction of sp³-hybridized carbons (Fsp3) is 0.0909. The summed E-state index contributed by atoms with van der Waals surface area (Å²) in [6, 6.07) is 3.43. The topological polar surface area (TPSA) is 66.0 Å². The Morgan fingerprint density at radius 1 is 1.35 bits per heavy atom. The van der Waals surface area contributed by atoms with E-state index < -0.39 is 23.2 Å². The molecule has 0 unspecified atom stereocenters. The Kier molecular flexibility index (Phi) is 4.09. The van der Waals surface area contributed by atoms with Gasteiger partial charge in [-0.25, -0.2) is 0 Å². The summed E-state index contributed by atoms with van der Waals surface area (Å²) in [6.45, 7) is 0. The molecule has 1 aromatic heterocycles. The lowest BCUT2D eigenvalue weighted by Gasteiger charge is -2.13. The Balaban J connectivity index is 2.74. The fourth-order valence-electron chi connectivity index (χ4n) is 1.53. The highest BCUT2D eigenvalue weighted by molar-refractivity contribution is 14.1. The molecule has 0 saturated carbocycles. The molecule has 0 bridgehead atoms. The maximum Gasteiger partial charge on any atom is 0.417 e. The van der Waals surface area contributed by atoms with Crippen molar-refractivity contribution in [2.45, 2.75) is 6.18 Å². The van der Waals surface area contributed by atoms with Crippen molar-refractivity contribution < 1.29 is 18.3 Å². The monoisotopic (exact) mass is 460 g/mol. The second kappa shape index (κ2) is 5.35. The van der Waals surface area contributed by atoms with Gasteiger partial charge in [0.15, 0.2) is 0 Å². The zero-order valence-corrected chi connectivity index (χ0v) is 13.2. The first kappa shape index (κ1) is 15.3. The van der Waals surface area contributed by atoms with Crippen LogP contribution >= 0.6 is 38.5 Å². The molecule has 0 amide bonds. The number of hydrogen-bond acceptors (Lipinski definition) is 3. The summed E-state index contributed by atoms with van der Waals surface area (Å²) in [4.78, 5) is 17.3. The molecule has 4 nitrogen and oxygen atoms in total. The van der Waals surface area contributed by atoms with Gasteiger partial charge in [0.1, 0.15) is 9.39 Å². The van der Waals surface area contributed by atoms with E-state index in [1.165, 1.54) is 6.07 Å². The number of halogens is 5. The van der Waals surface area contributed by atoms with Gasteiger partial charge in [0, 0.05) is 10.0 Å². The van der Waals surface area contributed by atoms with Crippen molar-refractivity contribution in [3.05, 3.63) is 42.2 Å². The van der Waals surface area contributed by atoms with E-state index in [2.05, 4.69) is 25.9 Å². The van der Waals surface area contributed by atoms with Crippen molar-refractivity contribution in [3.8, 4) is 17.3 Å². The predicted molar refractivity (Wildman–Crippen MR) is 77.4 cm³/mol. The molecule has 20 heavy (non-hydrogen) atoms. The Morgan fingerprint density at radius 2 is 2.00 bits per heavy atom. The van der Waals surface area contributed by atoms with Gasteiger partial charge in [-0.2, -0.15) is 18.2 Å². The van der Waals surface area contributed by atoms with Crippen LogP contribution in [0.2, 0.25) is 0 Å². The zero-order chi connectivity index (χ0) is 15.1. The minimum absolute atomic E-state index is 0.0861. The molecule has 0 aliphatic carbocycles. The van der Waals surface area contributed by atoms with Crippen LogP contribution in [0.25, 0.3) is 11.4 Å². The van der Waals surface area contributed by atoms with Crippen molar-refractivity contribution in [1.82, 2.24) is 9.97 Å². The van der Waals surface area contributed by atoms with E-state index in [1.807, 2.05) is 0 Å². The molecule has 1 aromatic carbocycles. The predicted octanol–water partition coefficient (Wildman–Crippen LogP) is 3.53. The fourth-order valence-corrected chi connectivity index (χ4v) is 2.15. The van der Waals surface area contributed by atoms with E-state index in [0.717, 1.165) is 12.1 Å². The zero-order valence-electron chi connectivity index (χ0n) is 9.42. The number of aromatic nitrogens is 2. The molecular weight excluding hydrogens is 456 g/mol. The summed E-state index contributed by atoms with van der Waals surface area (Å²) in [6.07, 6.45) is -4.61. The van der Waals surface area contributed by atoms with Gasteiger partial charge in [-0.3, -0.25) is 4.79 Å². The minimum Gasteiger partial charge on any atom is -0.492 e. The first-order valence-corrected chi connectivity index (χ1v) is 6.93. The van der Waals surface area contributed by atoms with Gasteiger partial charge in [-0.15, -0.1) is 0 Å². The van der Waals surface area contributed by atoms with E-state index >= 15 is 0 Å². The van der Waals surface area contributed by atoms with Gasteiger partial charge in [-0.05, 0) is 40.8 Å². The van der Waals surface area contributed by atoms with Crippen molar-refractivity contribution in [1.29, 1.82) is 0 Å². The van der Waals surface area contributed by atoms with Crippen LogP contribution in [-0.4, -0.2) is 15.1 Å². The Hall–Kier alpha value is -1.10. The van der Waals surface area contributed by atoms with Gasteiger partial charge >= 0.3 is 6.18 Å². The van der Waals surface area contributed by atoms with Crippen LogP contribution in [-0.2, 0) is 6.18 Å². The van der Waals surface area contributed by atoms with Crippen molar-refractivity contribution >= 4 is 38.5 Å². The molecule has 9 heteroatoms. The summed E-state index contributed by atoms with van der Waals surface area (Å²) in [5.74, 6) is -0.951. The molecule has 0 aliphatic heterocycles. The number of alkyl halides is 3. The third kappa shape index (κ3) is 2.97. The van der Waals surface area contributed by atoms with Crippen LogP contribution in [0.15, 0.2) is 27.5 Å². The van der Waals surface area contributed by atoms with Crippen LogP contribution in [0.1, 0.15) is 5.56 Å². The molecule has 0 saturated heterocycles. The minimum atomic E-state index is -4.61. The van der Waals surface area contributed by atoms with Gasteiger partial charge in [0.2, 0.25) is 5.88 Å². The first-order valence-electron chi connectivity index (χ1n) is 5.06. The molecule has 0 radical (unpaired) electrons. The van der Waals surface area contributed by atoms with E-state index in [0.29, 0.717) is 0 Å². The molecule has 1 heterocycles. The quantitative estimate of drug-likeness (QED) is 0.640. The number of rotatable bonds is 1. The SMILES string of the molecule is O=c1[nH]c(-c2ccc(Br)cc2C(F)(F)F)nc(O)c1I. The Labute approximate surface area is 132 Å². The normalized spacial score (nSPS) is 11.7. The standard InChI is InChI=1S/C11H5BrF3IN2O2/c12-4-1-2-5(6(3-4)11(13,14)15)8-17-9(19)7(16)10(20)18-8/h1-3H,(H2,17,18,19,20). The number of nitrogens with zero attached hydrogens (tertiary/aromatic N) is 1. The Morgan fingerprint density at radius 3 is 2.55 bits per heavy atom. The van der Waals surface area contributed by atoms with Crippen LogP contribution in [0.4, 0.5) is 13.2 Å². The smallest absolute Gasteiger partial charge is 0.417 e. The second-order valence-electron chi connectivity index (χ2n) is 3.74. The molecule has 0 atom stereocenters. The third-order valence-electron chi connectivity index (χ3n) is 2.39. The molecule has 0 aliphatic rings. The summed E-state index contributed by atoms with van der Waals surface area (Å²) in [5, 5.41) is 9.46. The second-order valence-corrected chi connectivity index (χ2v) is 5.73. The summed E-state index contributed by atoms with van der Waals surface area (Å²) < 4.78 is 39.1. The molecule has 0 fully saturated rings. The largest absolute Gasteiger partial charge is 0.492 e. The lowest BCUT2D eigenvalue weighted by Crippen LogP contribution is -2.14. The van der Waals surface area contributed by atoms with Gasteiger partial charge in [0.05, 0.1) is 5.56 Å². The lowest BCUT2D eigenvalue weighted by atomic mass is 10.1. The maximum atomic E-state index is 13.0. The average Bonchev–Trinajstić information content (AvgIpc) is 2.34. The van der Waals surface area contributed by atoms with Crippen molar-refractivity contribution in [2.75, 3.05) is 0 Å². The van der Waals surface area contributed by atoms with E-state index in [4.69, 9.17) is 0 Å². The highest BCUT2D eigenvalue weighted by Gasteiger charge is 2.34. The number of H-pyrrole nitrogens is 1. The number of nitrogens with one attached hydrogen (secondary N) is 1. The average molecular weight is 461 g/mol. The molecule has 2 aromatic rings. The van der Waals surface area contributed by atoms with Crippen LogP contribution < -0.4 is 5.56 Å². The van der Waals surface area contributed by atoms with Crippen LogP contribution in [0.3, 0.4) is 0 Å². The van der Waals surface area contributed by atoms with Crippen LogP contribution in [0, 0.1) is 3.57 Å². The summed E-state index contributed by atoms with van der Waals surface area (Å²) >= 11 is 4.51. The summed E-state index contributed by atoms with van der Waals surface area (Å²) in [5.41, 5.74) is -1.98. The highest BCUT2D eigenvalue weighted by Crippen LogP contribution is 2.37. The van der Waals surface area contributed by atoms with Gasteiger partial charge in [-0.1, -0.05) is 15.9 Å². The van der Waals surface area contributed by atoms with Gasteiger partial charge < -0.3 is 10.1 Å². The number of aromatic amines is 1. The van der Waals surface area contributed by atoms with Crippen molar-refractivity contribution in [2.24, 2.45) is 0 Å².